The Morgan fingerprint density at radius 1 is 1.58 bits per heavy atom. The second kappa shape index (κ2) is 3.72. The molecule has 0 aliphatic heterocycles. The van der Waals surface area contributed by atoms with Crippen molar-refractivity contribution in [2.45, 2.75) is 26.8 Å². The van der Waals surface area contributed by atoms with Crippen LogP contribution in [0.1, 0.15) is 17.8 Å². The average molecular weight is 228 g/mol. The number of aryl methyl sites for hydroxylation is 2. The van der Waals surface area contributed by atoms with Crippen molar-refractivity contribution in [1.29, 1.82) is 5.26 Å². The first kappa shape index (κ1) is 9.27. The zero-order valence-electron chi connectivity index (χ0n) is 7.13. The molecule has 0 saturated heterocycles. The number of nitriles is 1. The highest BCUT2D eigenvalue weighted by molar-refractivity contribution is 9.10. The Morgan fingerprint density at radius 2 is 2.25 bits per heavy atom. The van der Waals surface area contributed by atoms with E-state index in [1.807, 2.05) is 18.5 Å². The topological polar surface area (TPSA) is 41.6 Å². The molecule has 0 radical (unpaired) electrons. The smallest absolute Gasteiger partial charge is 0.0738 e. The van der Waals surface area contributed by atoms with Crippen molar-refractivity contribution in [3.8, 4) is 6.07 Å². The van der Waals surface area contributed by atoms with Crippen LogP contribution in [0.2, 0.25) is 0 Å². The van der Waals surface area contributed by atoms with Gasteiger partial charge in [-0.25, -0.2) is 0 Å². The fourth-order valence-electron chi connectivity index (χ4n) is 1.05. The Morgan fingerprint density at radius 3 is 2.67 bits per heavy atom. The van der Waals surface area contributed by atoms with E-state index in [1.54, 1.807) is 0 Å². The summed E-state index contributed by atoms with van der Waals surface area (Å²) in [6, 6.07) is 2.10. The van der Waals surface area contributed by atoms with E-state index in [1.165, 1.54) is 0 Å². The Balaban J connectivity index is 2.87. The molecule has 0 amide bonds. The number of nitrogens with zero attached hydrogens (tertiary/aromatic N) is 3. The monoisotopic (exact) mass is 227 g/mol. The van der Waals surface area contributed by atoms with E-state index in [9.17, 15) is 0 Å². The van der Waals surface area contributed by atoms with Crippen molar-refractivity contribution >= 4 is 15.9 Å². The van der Waals surface area contributed by atoms with Gasteiger partial charge in [-0.2, -0.15) is 10.4 Å². The van der Waals surface area contributed by atoms with Crippen LogP contribution in [-0.4, -0.2) is 9.78 Å². The maximum atomic E-state index is 8.39. The predicted octanol–water partition coefficient (Wildman–Crippen LogP) is 2.18. The summed E-state index contributed by atoms with van der Waals surface area (Å²) in [5.74, 6) is 0. The van der Waals surface area contributed by atoms with E-state index in [0.717, 1.165) is 15.9 Å². The van der Waals surface area contributed by atoms with Gasteiger partial charge in [0.1, 0.15) is 0 Å². The lowest BCUT2D eigenvalue weighted by molar-refractivity contribution is 0.605. The largest absolute Gasteiger partial charge is 0.267 e. The molecule has 4 heteroatoms. The second-order valence-corrected chi connectivity index (χ2v) is 3.41. The zero-order chi connectivity index (χ0) is 9.14. The van der Waals surface area contributed by atoms with Crippen molar-refractivity contribution in [3.63, 3.8) is 0 Å². The summed E-state index contributed by atoms with van der Waals surface area (Å²) in [5.41, 5.74) is 2.06. The van der Waals surface area contributed by atoms with E-state index in [0.29, 0.717) is 13.0 Å². The van der Waals surface area contributed by atoms with Gasteiger partial charge in [0.15, 0.2) is 0 Å². The van der Waals surface area contributed by atoms with Crippen LogP contribution in [0.4, 0.5) is 0 Å². The summed E-state index contributed by atoms with van der Waals surface area (Å²) in [4.78, 5) is 0. The summed E-state index contributed by atoms with van der Waals surface area (Å²) in [6.07, 6.45) is 0.508. The summed E-state index contributed by atoms with van der Waals surface area (Å²) >= 11 is 3.43. The quantitative estimate of drug-likeness (QED) is 0.778. The highest BCUT2D eigenvalue weighted by atomic mass is 79.9. The third kappa shape index (κ3) is 1.67. The summed E-state index contributed by atoms with van der Waals surface area (Å²) in [5, 5.41) is 12.7. The lowest BCUT2D eigenvalue weighted by atomic mass is 10.4. The third-order valence-electron chi connectivity index (χ3n) is 1.73. The normalized spacial score (nSPS) is 9.83. The Bertz CT molecular complexity index is 322. The first-order valence-corrected chi connectivity index (χ1v) is 4.52. The minimum absolute atomic E-state index is 0.508. The van der Waals surface area contributed by atoms with Gasteiger partial charge in [-0.1, -0.05) is 0 Å². The predicted molar refractivity (Wildman–Crippen MR) is 49.6 cm³/mol. The minimum atomic E-state index is 0.508. The van der Waals surface area contributed by atoms with Crippen LogP contribution < -0.4 is 0 Å². The highest BCUT2D eigenvalue weighted by Gasteiger charge is 2.07. The van der Waals surface area contributed by atoms with Crippen molar-refractivity contribution in [2.24, 2.45) is 0 Å². The van der Waals surface area contributed by atoms with Gasteiger partial charge in [-0.15, -0.1) is 0 Å². The lowest BCUT2D eigenvalue weighted by Crippen LogP contribution is -2.01. The number of halogens is 1. The number of aromatic nitrogens is 2. The molecule has 3 nitrogen and oxygen atoms in total. The Hall–Kier alpha value is -0.820. The van der Waals surface area contributed by atoms with Crippen LogP contribution in [0.25, 0.3) is 0 Å². The molecule has 0 N–H and O–H groups in total. The maximum absolute atomic E-state index is 8.39. The van der Waals surface area contributed by atoms with Gasteiger partial charge in [0.2, 0.25) is 0 Å². The molecule has 0 aromatic carbocycles. The molecule has 1 rings (SSSR count). The van der Waals surface area contributed by atoms with E-state index in [-0.39, 0.29) is 0 Å². The zero-order valence-corrected chi connectivity index (χ0v) is 8.72. The van der Waals surface area contributed by atoms with Gasteiger partial charge in [-0.3, -0.25) is 4.68 Å². The molecule has 64 valence electrons. The Kier molecular flexibility index (Phi) is 2.88. The van der Waals surface area contributed by atoms with E-state index in [4.69, 9.17) is 5.26 Å². The average Bonchev–Trinajstić information content (AvgIpc) is 2.30. The summed E-state index contributed by atoms with van der Waals surface area (Å²) < 4.78 is 2.89. The number of hydrogen-bond donors (Lipinski definition) is 0. The van der Waals surface area contributed by atoms with Crippen molar-refractivity contribution in [1.82, 2.24) is 9.78 Å². The van der Waals surface area contributed by atoms with Gasteiger partial charge in [-0.05, 0) is 29.8 Å². The van der Waals surface area contributed by atoms with Gasteiger partial charge < -0.3 is 0 Å². The molecule has 0 bridgehead atoms. The van der Waals surface area contributed by atoms with E-state index < -0.39 is 0 Å². The van der Waals surface area contributed by atoms with Crippen LogP contribution in [0.5, 0.6) is 0 Å². The van der Waals surface area contributed by atoms with Crippen LogP contribution in [0, 0.1) is 25.2 Å². The van der Waals surface area contributed by atoms with Crippen LogP contribution in [-0.2, 0) is 6.54 Å². The first-order chi connectivity index (χ1) is 5.66. The lowest BCUT2D eigenvalue weighted by Gasteiger charge is -1.98. The molecular formula is C8H10BrN3. The molecular weight excluding hydrogens is 218 g/mol. The Labute approximate surface area is 80.1 Å². The molecule has 1 heterocycles. The van der Waals surface area contributed by atoms with Crippen molar-refractivity contribution in [3.05, 3.63) is 15.9 Å². The molecule has 0 aliphatic rings. The molecule has 1 aromatic heterocycles. The minimum Gasteiger partial charge on any atom is -0.267 e. The molecule has 0 aliphatic carbocycles. The molecule has 0 atom stereocenters. The number of hydrogen-bond acceptors (Lipinski definition) is 2. The van der Waals surface area contributed by atoms with Crippen LogP contribution >= 0.6 is 15.9 Å². The molecule has 0 spiro atoms. The van der Waals surface area contributed by atoms with Crippen molar-refractivity contribution in [2.75, 3.05) is 0 Å². The third-order valence-corrected chi connectivity index (χ3v) is 2.88. The fraction of sp³-hybridized carbons (Fsp3) is 0.500. The van der Waals surface area contributed by atoms with Crippen LogP contribution in [0.15, 0.2) is 4.47 Å². The van der Waals surface area contributed by atoms with E-state index >= 15 is 0 Å². The second-order valence-electron chi connectivity index (χ2n) is 2.62. The first-order valence-electron chi connectivity index (χ1n) is 3.73. The summed E-state index contributed by atoms with van der Waals surface area (Å²) in [6.45, 7) is 4.61. The molecule has 0 saturated carbocycles. The van der Waals surface area contributed by atoms with Gasteiger partial charge in [0.25, 0.3) is 0 Å². The molecule has 12 heavy (non-hydrogen) atoms. The maximum Gasteiger partial charge on any atom is 0.0738 e. The summed E-state index contributed by atoms with van der Waals surface area (Å²) in [7, 11) is 0. The molecule has 1 aromatic rings. The van der Waals surface area contributed by atoms with E-state index in [2.05, 4.69) is 27.1 Å². The van der Waals surface area contributed by atoms with Crippen molar-refractivity contribution < 1.29 is 0 Å². The highest BCUT2D eigenvalue weighted by Crippen LogP contribution is 2.19. The number of rotatable bonds is 2. The fourth-order valence-corrected chi connectivity index (χ4v) is 1.33. The van der Waals surface area contributed by atoms with Gasteiger partial charge in [0.05, 0.1) is 29.2 Å². The molecule has 0 fully saturated rings. The molecule has 0 unspecified atom stereocenters. The van der Waals surface area contributed by atoms with Gasteiger partial charge in [0, 0.05) is 5.69 Å². The van der Waals surface area contributed by atoms with Gasteiger partial charge >= 0.3 is 0 Å². The SMILES string of the molecule is Cc1nn(CCC#N)c(C)c1Br. The standard InChI is InChI=1S/C8H10BrN3/c1-6-8(9)7(2)12(11-6)5-3-4-10/h3,5H2,1-2H3. The van der Waals surface area contributed by atoms with Crippen LogP contribution in [0.3, 0.4) is 0 Å².